The van der Waals surface area contributed by atoms with E-state index < -0.39 is 5.60 Å². The van der Waals surface area contributed by atoms with Crippen molar-refractivity contribution in [3.05, 3.63) is 0 Å². The highest BCUT2D eigenvalue weighted by Crippen LogP contribution is 2.48. The Morgan fingerprint density at radius 1 is 1.09 bits per heavy atom. The summed E-state index contributed by atoms with van der Waals surface area (Å²) in [4.78, 5) is 26.3. The maximum atomic E-state index is 12.5. The van der Waals surface area contributed by atoms with Crippen molar-refractivity contribution in [1.82, 2.24) is 4.90 Å². The van der Waals surface area contributed by atoms with E-state index in [1.165, 1.54) is 19.3 Å². The number of ether oxygens (including phenoxy) is 2. The lowest BCUT2D eigenvalue weighted by atomic mass is 9.89. The normalized spacial score (nSPS) is 33.6. The Hall–Kier alpha value is -1.26. The summed E-state index contributed by atoms with van der Waals surface area (Å²) in [5, 5.41) is 0. The maximum absolute atomic E-state index is 12.5. The largest absolute Gasteiger partial charge is 0.460 e. The van der Waals surface area contributed by atoms with Gasteiger partial charge in [0.05, 0.1) is 12.5 Å². The van der Waals surface area contributed by atoms with Gasteiger partial charge < -0.3 is 14.4 Å². The molecule has 5 nitrogen and oxygen atoms in total. The Labute approximate surface area is 138 Å². The molecule has 0 aromatic carbocycles. The summed E-state index contributed by atoms with van der Waals surface area (Å²) in [5.41, 5.74) is -0.496. The number of hydrogen-bond donors (Lipinski definition) is 0. The highest BCUT2D eigenvalue weighted by Gasteiger charge is 2.44. The van der Waals surface area contributed by atoms with Gasteiger partial charge in [0.2, 0.25) is 0 Å². The predicted molar refractivity (Wildman–Crippen MR) is 85.9 cm³/mol. The number of carbonyl (C=O) groups is 2. The van der Waals surface area contributed by atoms with Gasteiger partial charge in [-0.05, 0) is 64.7 Å². The Balaban J connectivity index is 1.50. The number of piperidine rings is 1. The van der Waals surface area contributed by atoms with E-state index in [9.17, 15) is 9.59 Å². The van der Waals surface area contributed by atoms with E-state index in [0.29, 0.717) is 19.0 Å². The van der Waals surface area contributed by atoms with Gasteiger partial charge in [0.15, 0.2) is 0 Å². The molecule has 0 aromatic heterocycles. The van der Waals surface area contributed by atoms with Gasteiger partial charge in [-0.3, -0.25) is 4.79 Å². The molecule has 0 N–H and O–H groups in total. The first kappa shape index (κ1) is 16.6. The van der Waals surface area contributed by atoms with Crippen LogP contribution in [0.25, 0.3) is 0 Å². The van der Waals surface area contributed by atoms with E-state index in [4.69, 9.17) is 9.47 Å². The number of hydrogen-bond acceptors (Lipinski definition) is 4. The SMILES string of the molecule is CC(C)(C)OC(=O)N1CCC[C@@H](OC(=O)[C@H]2C[C@H]3CC[C@H]2C3)C1. The maximum Gasteiger partial charge on any atom is 0.410 e. The molecule has 5 heteroatoms. The highest BCUT2D eigenvalue weighted by atomic mass is 16.6. The molecular formula is C18H29NO4. The first-order valence-electron chi connectivity index (χ1n) is 9.00. The van der Waals surface area contributed by atoms with Crippen molar-refractivity contribution in [3.63, 3.8) is 0 Å². The molecule has 3 fully saturated rings. The standard InChI is InChI=1S/C18H29NO4/c1-18(2,3)23-17(21)19-8-4-5-14(11-19)22-16(20)15-10-12-6-7-13(15)9-12/h12-15H,4-11H2,1-3H3/t12-,13-,14+,15-/m0/s1. The molecule has 130 valence electrons. The molecule has 0 spiro atoms. The third-order valence-electron chi connectivity index (χ3n) is 5.35. The third-order valence-corrected chi connectivity index (χ3v) is 5.35. The van der Waals surface area contributed by atoms with E-state index in [1.807, 2.05) is 20.8 Å². The van der Waals surface area contributed by atoms with E-state index in [1.54, 1.807) is 4.90 Å². The molecule has 2 aliphatic carbocycles. The summed E-state index contributed by atoms with van der Waals surface area (Å²) in [6.07, 6.45) is 5.88. The molecule has 23 heavy (non-hydrogen) atoms. The molecule has 1 heterocycles. The van der Waals surface area contributed by atoms with Crippen molar-refractivity contribution in [2.24, 2.45) is 17.8 Å². The van der Waals surface area contributed by atoms with Crippen LogP contribution in [0.2, 0.25) is 0 Å². The average molecular weight is 323 g/mol. The zero-order valence-corrected chi connectivity index (χ0v) is 14.5. The third kappa shape index (κ3) is 3.99. The number of nitrogens with zero attached hydrogens (tertiary/aromatic N) is 1. The predicted octanol–water partition coefficient (Wildman–Crippen LogP) is 3.37. The molecule has 1 aliphatic heterocycles. The first-order valence-corrected chi connectivity index (χ1v) is 9.00. The monoisotopic (exact) mass is 323 g/mol. The topological polar surface area (TPSA) is 55.8 Å². The second-order valence-corrected chi connectivity index (χ2v) is 8.41. The number of esters is 1. The van der Waals surface area contributed by atoms with Crippen LogP contribution in [0.3, 0.4) is 0 Å². The van der Waals surface area contributed by atoms with Gasteiger partial charge in [0.1, 0.15) is 11.7 Å². The van der Waals surface area contributed by atoms with Crippen molar-refractivity contribution in [2.75, 3.05) is 13.1 Å². The second kappa shape index (κ2) is 6.33. The quantitative estimate of drug-likeness (QED) is 0.731. The van der Waals surface area contributed by atoms with Gasteiger partial charge in [0.25, 0.3) is 0 Å². The molecule has 4 atom stereocenters. The Kier molecular flexibility index (Phi) is 4.56. The number of likely N-dealkylation sites (tertiary alicyclic amines) is 1. The van der Waals surface area contributed by atoms with E-state index in [-0.39, 0.29) is 24.1 Å². The fourth-order valence-electron chi connectivity index (χ4n) is 4.31. The van der Waals surface area contributed by atoms with E-state index >= 15 is 0 Å². The minimum atomic E-state index is -0.496. The van der Waals surface area contributed by atoms with Crippen LogP contribution in [0.4, 0.5) is 4.79 Å². The lowest BCUT2D eigenvalue weighted by Gasteiger charge is -2.34. The zero-order chi connectivity index (χ0) is 16.6. The van der Waals surface area contributed by atoms with Gasteiger partial charge >= 0.3 is 12.1 Å². The zero-order valence-electron chi connectivity index (χ0n) is 14.5. The summed E-state index contributed by atoms with van der Waals surface area (Å²) in [7, 11) is 0. The summed E-state index contributed by atoms with van der Waals surface area (Å²) in [6, 6.07) is 0. The summed E-state index contributed by atoms with van der Waals surface area (Å²) >= 11 is 0. The molecule has 0 aromatic rings. The molecule has 0 unspecified atom stereocenters. The van der Waals surface area contributed by atoms with Crippen LogP contribution < -0.4 is 0 Å². The number of amides is 1. The van der Waals surface area contributed by atoms with Gasteiger partial charge in [-0.15, -0.1) is 0 Å². The summed E-state index contributed by atoms with van der Waals surface area (Å²) in [6.45, 7) is 6.73. The summed E-state index contributed by atoms with van der Waals surface area (Å²) < 4.78 is 11.2. The van der Waals surface area contributed by atoms with Crippen molar-refractivity contribution in [2.45, 2.75) is 71.0 Å². The Bertz CT molecular complexity index is 470. The second-order valence-electron chi connectivity index (χ2n) is 8.41. The van der Waals surface area contributed by atoms with Gasteiger partial charge in [-0.2, -0.15) is 0 Å². The van der Waals surface area contributed by atoms with Crippen LogP contribution in [-0.4, -0.2) is 41.8 Å². The van der Waals surface area contributed by atoms with Crippen molar-refractivity contribution < 1.29 is 19.1 Å². The number of rotatable bonds is 2. The molecule has 2 saturated carbocycles. The molecule has 3 rings (SSSR count). The fourth-order valence-corrected chi connectivity index (χ4v) is 4.31. The van der Waals surface area contributed by atoms with Crippen LogP contribution in [0.5, 0.6) is 0 Å². The molecule has 1 amide bonds. The van der Waals surface area contributed by atoms with Crippen LogP contribution in [0, 0.1) is 17.8 Å². The molecule has 2 bridgehead atoms. The fraction of sp³-hybridized carbons (Fsp3) is 0.889. The van der Waals surface area contributed by atoms with Crippen LogP contribution in [0.1, 0.15) is 59.3 Å². The number of carbonyl (C=O) groups excluding carboxylic acids is 2. The van der Waals surface area contributed by atoms with Gasteiger partial charge in [0, 0.05) is 6.54 Å². The minimum Gasteiger partial charge on any atom is -0.460 e. The van der Waals surface area contributed by atoms with E-state index in [2.05, 4.69) is 0 Å². The molecular weight excluding hydrogens is 294 g/mol. The Morgan fingerprint density at radius 2 is 1.87 bits per heavy atom. The average Bonchev–Trinajstić information content (AvgIpc) is 3.08. The lowest BCUT2D eigenvalue weighted by molar-refractivity contribution is -0.158. The van der Waals surface area contributed by atoms with Gasteiger partial charge in [-0.1, -0.05) is 6.42 Å². The van der Waals surface area contributed by atoms with Crippen LogP contribution in [0.15, 0.2) is 0 Å². The van der Waals surface area contributed by atoms with E-state index in [0.717, 1.165) is 25.2 Å². The first-order chi connectivity index (χ1) is 10.8. The lowest BCUT2D eigenvalue weighted by Crippen LogP contribution is -2.46. The van der Waals surface area contributed by atoms with Crippen molar-refractivity contribution in [1.29, 1.82) is 0 Å². The van der Waals surface area contributed by atoms with Crippen LogP contribution in [-0.2, 0) is 14.3 Å². The van der Waals surface area contributed by atoms with Crippen molar-refractivity contribution >= 4 is 12.1 Å². The summed E-state index contributed by atoms with van der Waals surface area (Å²) in [5.74, 6) is 1.35. The number of fused-ring (bicyclic) bond motifs is 2. The molecule has 0 radical (unpaired) electrons. The van der Waals surface area contributed by atoms with Crippen molar-refractivity contribution in [3.8, 4) is 0 Å². The smallest absolute Gasteiger partial charge is 0.410 e. The molecule has 1 saturated heterocycles. The molecule has 3 aliphatic rings. The van der Waals surface area contributed by atoms with Crippen LogP contribution >= 0.6 is 0 Å². The Morgan fingerprint density at radius 3 is 2.48 bits per heavy atom. The van der Waals surface area contributed by atoms with Gasteiger partial charge in [-0.25, -0.2) is 4.79 Å². The minimum absolute atomic E-state index is 0.0340. The highest BCUT2D eigenvalue weighted by molar-refractivity contribution is 5.74.